The number of hydrogen-bond donors (Lipinski definition) is 2. The molecule has 1 aromatic carbocycles. The van der Waals surface area contributed by atoms with Crippen molar-refractivity contribution in [1.82, 2.24) is 10.4 Å². The van der Waals surface area contributed by atoms with Crippen LogP contribution in [0.5, 0.6) is 0 Å². The first kappa shape index (κ1) is 12.3. The van der Waals surface area contributed by atoms with Crippen LogP contribution in [0.15, 0.2) is 48.0 Å². The van der Waals surface area contributed by atoms with E-state index in [4.69, 9.17) is 5.84 Å². The highest BCUT2D eigenvalue weighted by Crippen LogP contribution is 2.29. The van der Waals surface area contributed by atoms with Gasteiger partial charge in [0, 0.05) is 22.0 Å². The maximum absolute atomic E-state index is 5.76. The Labute approximate surface area is 116 Å². The molecule has 0 aliphatic rings. The van der Waals surface area contributed by atoms with Gasteiger partial charge in [0.25, 0.3) is 0 Å². The summed E-state index contributed by atoms with van der Waals surface area (Å²) >= 11 is 1.73. The number of aryl methyl sites for hydroxylation is 1. The van der Waals surface area contributed by atoms with Crippen molar-refractivity contribution < 1.29 is 0 Å². The molecule has 4 heteroatoms. The lowest BCUT2D eigenvalue weighted by Gasteiger charge is -2.16. The molecular weight excluding hydrogens is 254 g/mol. The summed E-state index contributed by atoms with van der Waals surface area (Å²) in [5, 5.41) is 3.27. The Hall–Kier alpha value is -1.75. The Kier molecular flexibility index (Phi) is 3.29. The number of thiophene rings is 1. The first-order chi connectivity index (χ1) is 9.29. The molecule has 0 spiro atoms. The standard InChI is InChI=1S/C15H15N3S/c1-10-8-12(9-19-10)15(18-16)13-6-2-4-11-5-3-7-17-14(11)13/h2-9,15,18H,16H2,1H3. The molecule has 19 heavy (non-hydrogen) atoms. The molecule has 0 aliphatic heterocycles. The molecule has 0 amide bonds. The molecule has 3 aromatic rings. The third kappa shape index (κ3) is 2.26. The Morgan fingerprint density at radius 1 is 1.26 bits per heavy atom. The predicted molar refractivity (Wildman–Crippen MR) is 80.0 cm³/mol. The van der Waals surface area contributed by atoms with Gasteiger partial charge in [-0.15, -0.1) is 11.3 Å². The van der Waals surface area contributed by atoms with Gasteiger partial charge < -0.3 is 0 Å². The van der Waals surface area contributed by atoms with Crippen LogP contribution in [0.1, 0.15) is 22.0 Å². The van der Waals surface area contributed by atoms with Crippen molar-refractivity contribution in [2.24, 2.45) is 5.84 Å². The molecule has 0 fully saturated rings. The number of pyridine rings is 1. The zero-order valence-corrected chi connectivity index (χ0v) is 11.4. The first-order valence-electron chi connectivity index (χ1n) is 6.14. The van der Waals surface area contributed by atoms with Gasteiger partial charge in [0.05, 0.1) is 11.6 Å². The normalized spacial score (nSPS) is 12.7. The molecule has 2 aromatic heterocycles. The number of nitrogens with two attached hydrogens (primary N) is 1. The summed E-state index contributed by atoms with van der Waals surface area (Å²) in [5.41, 5.74) is 6.20. The topological polar surface area (TPSA) is 50.9 Å². The van der Waals surface area contributed by atoms with E-state index in [-0.39, 0.29) is 6.04 Å². The van der Waals surface area contributed by atoms with E-state index >= 15 is 0 Å². The van der Waals surface area contributed by atoms with Crippen LogP contribution in [-0.4, -0.2) is 4.98 Å². The lowest BCUT2D eigenvalue weighted by atomic mass is 9.98. The Morgan fingerprint density at radius 2 is 2.11 bits per heavy atom. The second-order valence-electron chi connectivity index (χ2n) is 4.51. The van der Waals surface area contributed by atoms with Crippen LogP contribution in [-0.2, 0) is 0 Å². The molecule has 3 rings (SSSR count). The fourth-order valence-electron chi connectivity index (χ4n) is 2.34. The van der Waals surface area contributed by atoms with Gasteiger partial charge in [0.1, 0.15) is 0 Å². The van der Waals surface area contributed by atoms with Gasteiger partial charge in [-0.3, -0.25) is 10.8 Å². The number of fused-ring (bicyclic) bond motifs is 1. The Bertz CT molecular complexity index is 700. The molecule has 3 N–H and O–H groups in total. The van der Waals surface area contributed by atoms with Gasteiger partial charge in [-0.25, -0.2) is 5.43 Å². The van der Waals surface area contributed by atoms with Crippen LogP contribution in [0.4, 0.5) is 0 Å². The summed E-state index contributed by atoms with van der Waals surface area (Å²) in [6.45, 7) is 2.10. The van der Waals surface area contributed by atoms with Crippen molar-refractivity contribution in [3.63, 3.8) is 0 Å². The van der Waals surface area contributed by atoms with E-state index < -0.39 is 0 Å². The number of hydrazine groups is 1. The van der Waals surface area contributed by atoms with Gasteiger partial charge in [0.15, 0.2) is 0 Å². The van der Waals surface area contributed by atoms with Gasteiger partial charge in [-0.2, -0.15) is 0 Å². The Morgan fingerprint density at radius 3 is 2.84 bits per heavy atom. The van der Waals surface area contributed by atoms with Crippen LogP contribution in [0, 0.1) is 6.92 Å². The molecule has 0 saturated carbocycles. The monoisotopic (exact) mass is 269 g/mol. The zero-order chi connectivity index (χ0) is 13.2. The molecule has 2 heterocycles. The number of nitrogens with zero attached hydrogens (tertiary/aromatic N) is 1. The molecule has 0 radical (unpaired) electrons. The van der Waals surface area contributed by atoms with Crippen LogP contribution in [0.3, 0.4) is 0 Å². The summed E-state index contributed by atoms with van der Waals surface area (Å²) < 4.78 is 0. The minimum Gasteiger partial charge on any atom is -0.271 e. The molecular formula is C15H15N3S. The lowest BCUT2D eigenvalue weighted by molar-refractivity contribution is 0.641. The van der Waals surface area contributed by atoms with Crippen LogP contribution >= 0.6 is 11.3 Å². The second-order valence-corrected chi connectivity index (χ2v) is 5.63. The number of benzene rings is 1. The molecule has 96 valence electrons. The quantitative estimate of drug-likeness (QED) is 0.567. The maximum Gasteiger partial charge on any atom is 0.0753 e. The third-order valence-electron chi connectivity index (χ3n) is 3.23. The minimum absolute atomic E-state index is 0.0245. The fraction of sp³-hybridized carbons (Fsp3) is 0.133. The second kappa shape index (κ2) is 5.09. The number of hydrogen-bond acceptors (Lipinski definition) is 4. The molecule has 1 unspecified atom stereocenters. The van der Waals surface area contributed by atoms with Crippen molar-refractivity contribution >= 4 is 22.2 Å². The van der Waals surface area contributed by atoms with Crippen molar-refractivity contribution in [3.05, 3.63) is 64.0 Å². The summed E-state index contributed by atoms with van der Waals surface area (Å²) in [6, 6.07) is 12.3. The van der Waals surface area contributed by atoms with Gasteiger partial charge >= 0.3 is 0 Å². The van der Waals surface area contributed by atoms with Crippen LogP contribution in [0.25, 0.3) is 10.9 Å². The average Bonchev–Trinajstić information content (AvgIpc) is 2.86. The number of nitrogens with one attached hydrogen (secondary N) is 1. The highest BCUT2D eigenvalue weighted by molar-refractivity contribution is 7.10. The average molecular weight is 269 g/mol. The number of aromatic nitrogens is 1. The molecule has 0 saturated heterocycles. The van der Waals surface area contributed by atoms with Crippen LogP contribution < -0.4 is 11.3 Å². The summed E-state index contributed by atoms with van der Waals surface area (Å²) in [6.07, 6.45) is 1.82. The maximum atomic E-state index is 5.76. The predicted octanol–water partition coefficient (Wildman–Crippen LogP) is 3.16. The van der Waals surface area contributed by atoms with Crippen molar-refractivity contribution in [2.75, 3.05) is 0 Å². The highest BCUT2D eigenvalue weighted by Gasteiger charge is 2.16. The molecule has 3 nitrogen and oxygen atoms in total. The third-order valence-corrected chi connectivity index (χ3v) is 4.11. The smallest absolute Gasteiger partial charge is 0.0753 e. The Balaban J connectivity index is 2.16. The first-order valence-corrected chi connectivity index (χ1v) is 7.02. The van der Waals surface area contributed by atoms with Crippen molar-refractivity contribution in [3.8, 4) is 0 Å². The number of para-hydroxylation sites is 1. The van der Waals surface area contributed by atoms with E-state index in [1.807, 2.05) is 18.3 Å². The molecule has 1 atom stereocenters. The largest absolute Gasteiger partial charge is 0.271 e. The van der Waals surface area contributed by atoms with E-state index in [1.54, 1.807) is 11.3 Å². The zero-order valence-electron chi connectivity index (χ0n) is 10.6. The highest BCUT2D eigenvalue weighted by atomic mass is 32.1. The SMILES string of the molecule is Cc1cc(C(NN)c2cccc3cccnc23)cs1. The fourth-order valence-corrected chi connectivity index (χ4v) is 3.07. The molecule has 0 aliphatic carbocycles. The van der Waals surface area contributed by atoms with Crippen LogP contribution in [0.2, 0.25) is 0 Å². The van der Waals surface area contributed by atoms with Gasteiger partial charge in [0.2, 0.25) is 0 Å². The van der Waals surface area contributed by atoms with E-state index in [2.05, 4.69) is 47.0 Å². The van der Waals surface area contributed by atoms with Crippen molar-refractivity contribution in [1.29, 1.82) is 0 Å². The summed E-state index contributed by atoms with van der Waals surface area (Å²) in [7, 11) is 0. The van der Waals surface area contributed by atoms with E-state index in [0.717, 1.165) is 16.5 Å². The lowest BCUT2D eigenvalue weighted by Crippen LogP contribution is -2.28. The van der Waals surface area contributed by atoms with E-state index in [9.17, 15) is 0 Å². The molecule has 0 bridgehead atoms. The minimum atomic E-state index is -0.0245. The summed E-state index contributed by atoms with van der Waals surface area (Å²) in [4.78, 5) is 5.77. The van der Waals surface area contributed by atoms with E-state index in [1.165, 1.54) is 10.4 Å². The van der Waals surface area contributed by atoms with E-state index in [0.29, 0.717) is 0 Å². The van der Waals surface area contributed by atoms with Gasteiger partial charge in [-0.1, -0.05) is 24.3 Å². The number of rotatable bonds is 3. The van der Waals surface area contributed by atoms with Gasteiger partial charge in [-0.05, 0) is 30.0 Å². The van der Waals surface area contributed by atoms with Crippen molar-refractivity contribution in [2.45, 2.75) is 13.0 Å². The summed E-state index contributed by atoms with van der Waals surface area (Å²) in [5.74, 6) is 5.76.